The van der Waals surface area contributed by atoms with Gasteiger partial charge in [-0.1, -0.05) is 12.1 Å². The van der Waals surface area contributed by atoms with Crippen LogP contribution in [-0.2, 0) is 13.1 Å². The van der Waals surface area contributed by atoms with Gasteiger partial charge in [0.05, 0.1) is 6.54 Å². The van der Waals surface area contributed by atoms with Gasteiger partial charge in [0.25, 0.3) is 5.91 Å². The summed E-state index contributed by atoms with van der Waals surface area (Å²) in [4.78, 5) is 18.9. The molecule has 0 atom stereocenters. The molecule has 0 radical (unpaired) electrons. The van der Waals surface area contributed by atoms with Gasteiger partial charge in [-0.3, -0.25) is 9.79 Å². The molecule has 2 rings (SSSR count). The van der Waals surface area contributed by atoms with E-state index in [-0.39, 0.29) is 29.9 Å². The molecule has 0 aliphatic rings. The van der Waals surface area contributed by atoms with Crippen molar-refractivity contribution in [3.05, 3.63) is 56.2 Å². The number of thiophene rings is 1. The monoisotopic (exact) mass is 536 g/mol. The average molecular weight is 537 g/mol. The van der Waals surface area contributed by atoms with Gasteiger partial charge in [0.1, 0.15) is 0 Å². The van der Waals surface area contributed by atoms with E-state index in [4.69, 9.17) is 0 Å². The number of halogens is 2. The van der Waals surface area contributed by atoms with E-state index in [1.165, 1.54) is 4.88 Å². The number of aliphatic imine (C=N–C) groups is 1. The van der Waals surface area contributed by atoms with E-state index < -0.39 is 0 Å². The van der Waals surface area contributed by atoms with Gasteiger partial charge in [-0.05, 0) is 39.7 Å². The van der Waals surface area contributed by atoms with Crippen LogP contribution in [0.15, 0.2) is 45.2 Å². The minimum absolute atomic E-state index is 0. The van der Waals surface area contributed by atoms with Gasteiger partial charge in [-0.25, -0.2) is 0 Å². The topological polar surface area (TPSA) is 56.7 Å². The average Bonchev–Trinajstić information content (AvgIpc) is 3.00. The number of hydrogen-bond donors (Lipinski definition) is 2. The number of carbonyl (C=O) groups is 1. The Kier molecular flexibility index (Phi) is 9.44. The van der Waals surface area contributed by atoms with Crippen LogP contribution in [0.4, 0.5) is 0 Å². The van der Waals surface area contributed by atoms with E-state index in [1.54, 1.807) is 37.4 Å². The highest BCUT2D eigenvalue weighted by Crippen LogP contribution is 2.19. The molecule has 0 saturated carbocycles. The fraction of sp³-hybridized carbons (Fsp3) is 0.294. The van der Waals surface area contributed by atoms with Crippen molar-refractivity contribution in [2.45, 2.75) is 13.1 Å². The second-order valence-corrected chi connectivity index (χ2v) is 7.32. The highest BCUT2D eigenvalue weighted by atomic mass is 127. The normalized spacial score (nSPS) is 10.8. The minimum Gasteiger partial charge on any atom is -0.352 e. The number of benzene rings is 1. The Labute approximate surface area is 178 Å². The molecule has 1 aromatic heterocycles. The zero-order valence-corrected chi connectivity index (χ0v) is 19.1. The van der Waals surface area contributed by atoms with Crippen molar-refractivity contribution in [1.82, 2.24) is 15.5 Å². The molecule has 0 saturated heterocycles. The molecule has 1 heterocycles. The van der Waals surface area contributed by atoms with Crippen LogP contribution in [0.3, 0.4) is 0 Å². The van der Waals surface area contributed by atoms with E-state index in [9.17, 15) is 4.79 Å². The van der Waals surface area contributed by atoms with Gasteiger partial charge in [0.15, 0.2) is 5.96 Å². The molecular weight excluding hydrogens is 515 g/mol. The van der Waals surface area contributed by atoms with Crippen LogP contribution in [0, 0.1) is 0 Å². The first-order valence-corrected chi connectivity index (χ1v) is 9.15. The molecule has 136 valence electrons. The van der Waals surface area contributed by atoms with Crippen LogP contribution in [0.5, 0.6) is 0 Å². The largest absolute Gasteiger partial charge is 0.352 e. The third-order valence-electron chi connectivity index (χ3n) is 3.34. The molecule has 8 heteroatoms. The Hall–Kier alpha value is -1.13. The summed E-state index contributed by atoms with van der Waals surface area (Å²) < 4.78 is 1.10. The molecule has 0 aliphatic carbocycles. The third-order valence-corrected chi connectivity index (χ3v) is 5.04. The molecule has 2 aromatic rings. The van der Waals surface area contributed by atoms with Crippen molar-refractivity contribution in [3.63, 3.8) is 0 Å². The maximum absolute atomic E-state index is 11.9. The summed E-state index contributed by atoms with van der Waals surface area (Å²) >= 11 is 5.15. The molecule has 2 N–H and O–H groups in total. The standard InChI is InChI=1S/C17H21BrN4OS.HI/c1-19-17(21-10-15-8-14(18)11-24-15)20-9-12-4-6-13(7-5-12)16(23)22(2)3;/h4-8,11H,9-10H2,1-3H3,(H2,19,20,21);1H. The molecule has 0 aliphatic heterocycles. The van der Waals surface area contributed by atoms with E-state index in [1.807, 2.05) is 24.3 Å². The molecule has 1 aromatic carbocycles. The Morgan fingerprint density at radius 1 is 1.20 bits per heavy atom. The number of carbonyl (C=O) groups excluding carboxylic acids is 1. The lowest BCUT2D eigenvalue weighted by Crippen LogP contribution is -2.36. The predicted molar refractivity (Wildman–Crippen MR) is 119 cm³/mol. The SMILES string of the molecule is CN=C(NCc1ccc(C(=O)N(C)C)cc1)NCc1cc(Br)cs1.I. The van der Waals surface area contributed by atoms with E-state index in [2.05, 4.69) is 43.0 Å². The lowest BCUT2D eigenvalue weighted by molar-refractivity contribution is 0.0827. The highest BCUT2D eigenvalue weighted by molar-refractivity contribution is 14.0. The lowest BCUT2D eigenvalue weighted by atomic mass is 10.1. The fourth-order valence-corrected chi connectivity index (χ4v) is 3.44. The summed E-state index contributed by atoms with van der Waals surface area (Å²) in [5.41, 5.74) is 1.78. The first kappa shape index (κ1) is 21.9. The van der Waals surface area contributed by atoms with Gasteiger partial charge in [0.2, 0.25) is 0 Å². The van der Waals surface area contributed by atoms with Crippen molar-refractivity contribution in [3.8, 4) is 0 Å². The molecule has 0 bridgehead atoms. The second-order valence-electron chi connectivity index (χ2n) is 5.41. The summed E-state index contributed by atoms with van der Waals surface area (Å²) in [5.74, 6) is 0.752. The van der Waals surface area contributed by atoms with Crippen LogP contribution < -0.4 is 10.6 Å². The fourth-order valence-electron chi connectivity index (χ4n) is 2.05. The maximum atomic E-state index is 11.9. The summed E-state index contributed by atoms with van der Waals surface area (Å²) in [7, 11) is 5.25. The van der Waals surface area contributed by atoms with Crippen LogP contribution in [0.25, 0.3) is 0 Å². The smallest absolute Gasteiger partial charge is 0.253 e. The molecule has 25 heavy (non-hydrogen) atoms. The van der Waals surface area contributed by atoms with E-state index in [0.717, 1.165) is 22.5 Å². The van der Waals surface area contributed by atoms with E-state index >= 15 is 0 Å². The minimum atomic E-state index is 0. The summed E-state index contributed by atoms with van der Waals surface area (Å²) in [5, 5.41) is 8.61. The van der Waals surface area contributed by atoms with Crippen molar-refractivity contribution in [1.29, 1.82) is 0 Å². The Balaban J connectivity index is 0.00000312. The molecule has 0 fully saturated rings. The molecule has 0 unspecified atom stereocenters. The zero-order chi connectivity index (χ0) is 17.5. The highest BCUT2D eigenvalue weighted by Gasteiger charge is 2.07. The van der Waals surface area contributed by atoms with Gasteiger partial charge < -0.3 is 15.5 Å². The second kappa shape index (κ2) is 10.8. The predicted octanol–water partition coefficient (Wildman–Crippen LogP) is 3.70. The van der Waals surface area contributed by atoms with Crippen LogP contribution >= 0.6 is 51.2 Å². The number of nitrogens with zero attached hydrogens (tertiary/aromatic N) is 2. The molecule has 0 spiro atoms. The van der Waals surface area contributed by atoms with Crippen LogP contribution in [-0.4, -0.2) is 37.9 Å². The molecule has 1 amide bonds. The summed E-state index contributed by atoms with van der Waals surface area (Å²) in [6.07, 6.45) is 0. The maximum Gasteiger partial charge on any atom is 0.253 e. The molecule has 5 nitrogen and oxygen atoms in total. The van der Waals surface area contributed by atoms with Gasteiger partial charge >= 0.3 is 0 Å². The van der Waals surface area contributed by atoms with Crippen molar-refractivity contribution < 1.29 is 4.79 Å². The number of nitrogens with one attached hydrogen (secondary N) is 2. The van der Waals surface area contributed by atoms with Crippen LogP contribution in [0.2, 0.25) is 0 Å². The Morgan fingerprint density at radius 3 is 2.36 bits per heavy atom. The van der Waals surface area contributed by atoms with Crippen molar-refractivity contribution >= 4 is 63.1 Å². The number of rotatable bonds is 5. The lowest BCUT2D eigenvalue weighted by Gasteiger charge is -2.12. The van der Waals surface area contributed by atoms with Gasteiger partial charge in [0, 0.05) is 48.0 Å². The number of guanidine groups is 1. The Bertz CT molecular complexity index is 716. The van der Waals surface area contributed by atoms with Crippen LogP contribution in [0.1, 0.15) is 20.8 Å². The van der Waals surface area contributed by atoms with E-state index in [0.29, 0.717) is 12.1 Å². The van der Waals surface area contributed by atoms with Crippen molar-refractivity contribution in [2.24, 2.45) is 4.99 Å². The zero-order valence-electron chi connectivity index (χ0n) is 14.4. The first-order chi connectivity index (χ1) is 11.5. The first-order valence-electron chi connectivity index (χ1n) is 7.47. The summed E-state index contributed by atoms with van der Waals surface area (Å²) in [6, 6.07) is 9.68. The number of hydrogen-bond acceptors (Lipinski definition) is 3. The summed E-state index contributed by atoms with van der Waals surface area (Å²) in [6.45, 7) is 1.37. The van der Waals surface area contributed by atoms with Crippen molar-refractivity contribution in [2.75, 3.05) is 21.1 Å². The third kappa shape index (κ3) is 6.95. The quantitative estimate of drug-likeness (QED) is 0.348. The van der Waals surface area contributed by atoms with Gasteiger partial charge in [-0.15, -0.1) is 35.3 Å². The molecular formula is C17H22BrIN4OS. The van der Waals surface area contributed by atoms with Gasteiger partial charge in [-0.2, -0.15) is 0 Å². The Morgan fingerprint density at radius 2 is 1.84 bits per heavy atom. The number of amides is 1.